The number of rotatable bonds is 16. The van der Waals surface area contributed by atoms with Gasteiger partial charge in [-0.25, -0.2) is 9.78 Å². The Morgan fingerprint density at radius 3 is 2.09 bits per heavy atom. The number of aromatic nitrogens is 2. The van der Waals surface area contributed by atoms with E-state index in [4.69, 9.17) is 23.8 Å². The molecule has 2 aliphatic rings. The Morgan fingerprint density at radius 2 is 1.53 bits per heavy atom. The van der Waals surface area contributed by atoms with Crippen LogP contribution in [0.5, 0.6) is 5.75 Å². The smallest absolute Gasteiger partial charge is 0.543 e. The molecule has 0 spiro atoms. The van der Waals surface area contributed by atoms with Crippen molar-refractivity contribution >= 4 is 63.8 Å². The summed E-state index contributed by atoms with van der Waals surface area (Å²) in [5, 5.41) is 26.7. The predicted octanol–water partition coefficient (Wildman–Crippen LogP) is 2.37. The number of fused-ring (bicyclic) bond motifs is 1. The normalized spacial score (nSPS) is 16.0. The molecule has 318 valence electrons. The standard InChI is InChI=1S/C46H38N6O9S2.Na/c1-58-33-21-18-28(19-22-33)25-60-44(57)39-29(20-23-34-24-35(43(55)56)50-61-34)26-62-42-38(41(54)52(39)42)48-40(53)37(51-59-2)36-27-63-45(47-36)49-46(30-12-6-3-7-13-30,31-14-8-4-9-15-31)32-16-10-5-11-17-32;/h3-24,27,38,42H,25-26H2,1-2H3,(H,47,49)(H,48,53)(H,55,56);/q;+1/p-1/b23-20+,51-37-;/t38-,42-;/m1./s1. The van der Waals surface area contributed by atoms with E-state index >= 15 is 0 Å². The number of carboxylic acid groups (broad SMARTS) is 1. The summed E-state index contributed by atoms with van der Waals surface area (Å²) in [5.41, 5.74) is 2.65. The van der Waals surface area contributed by atoms with E-state index in [1.165, 1.54) is 53.3 Å². The summed E-state index contributed by atoms with van der Waals surface area (Å²) in [5.74, 6) is -2.68. The molecule has 6 aromatic rings. The maximum absolute atomic E-state index is 14.1. The number of methoxy groups -OCH3 is 1. The number of thioether (sulfide) groups is 1. The summed E-state index contributed by atoms with van der Waals surface area (Å²) in [6, 6.07) is 37.0. The maximum atomic E-state index is 14.1. The molecule has 2 atom stereocenters. The Hall–Kier alpha value is -6.50. The van der Waals surface area contributed by atoms with Gasteiger partial charge in [-0.2, -0.15) is 0 Å². The van der Waals surface area contributed by atoms with Crippen LogP contribution in [0, 0.1) is 0 Å². The van der Waals surface area contributed by atoms with Gasteiger partial charge in [0.25, 0.3) is 11.8 Å². The minimum absolute atomic E-state index is 0. The van der Waals surface area contributed by atoms with Gasteiger partial charge in [0.2, 0.25) is 0 Å². The molecule has 2 amide bonds. The van der Waals surface area contributed by atoms with Crippen LogP contribution in [0.3, 0.4) is 0 Å². The van der Waals surface area contributed by atoms with Crippen molar-refractivity contribution in [1.29, 1.82) is 0 Å². The zero-order chi connectivity index (χ0) is 43.9. The summed E-state index contributed by atoms with van der Waals surface area (Å²) in [7, 11) is 2.85. The third-order valence-electron chi connectivity index (χ3n) is 10.3. The summed E-state index contributed by atoms with van der Waals surface area (Å²) < 4.78 is 16.0. The number of allylic oxidation sites excluding steroid dienone is 1. The van der Waals surface area contributed by atoms with Gasteiger partial charge < -0.3 is 39.4 Å². The molecule has 64 heavy (non-hydrogen) atoms. The number of carboxylic acids is 1. The number of hydrogen-bond donors (Lipinski definition) is 2. The van der Waals surface area contributed by atoms with Crippen LogP contribution in [-0.4, -0.2) is 75.9 Å². The van der Waals surface area contributed by atoms with Crippen LogP contribution in [0.25, 0.3) is 6.08 Å². The van der Waals surface area contributed by atoms with Crippen LogP contribution < -0.4 is 50.0 Å². The van der Waals surface area contributed by atoms with E-state index < -0.39 is 46.4 Å². The molecule has 1 saturated heterocycles. The number of thiazole rings is 1. The van der Waals surface area contributed by atoms with Gasteiger partial charge >= 0.3 is 35.5 Å². The van der Waals surface area contributed by atoms with Crippen LogP contribution in [-0.2, 0) is 36.1 Å². The van der Waals surface area contributed by atoms with Gasteiger partial charge in [0.05, 0.1) is 13.1 Å². The molecule has 1 fully saturated rings. The van der Waals surface area contributed by atoms with Gasteiger partial charge in [0.1, 0.15) is 53.5 Å². The van der Waals surface area contributed by atoms with E-state index in [-0.39, 0.29) is 64.8 Å². The molecule has 15 nitrogen and oxygen atoms in total. The van der Waals surface area contributed by atoms with E-state index in [9.17, 15) is 24.3 Å². The number of amides is 2. The number of nitrogens with one attached hydrogen (secondary N) is 2. The largest absolute Gasteiger partial charge is 1.00 e. The molecule has 0 bridgehead atoms. The van der Waals surface area contributed by atoms with Crippen molar-refractivity contribution in [3.8, 4) is 5.75 Å². The number of aromatic carboxylic acids is 1. The Morgan fingerprint density at radius 1 is 0.906 bits per heavy atom. The van der Waals surface area contributed by atoms with E-state index in [2.05, 4.69) is 20.9 Å². The number of ether oxygens (including phenoxy) is 2. The van der Waals surface area contributed by atoms with E-state index in [1.807, 2.05) is 91.0 Å². The monoisotopic (exact) mass is 904 g/mol. The number of esters is 1. The van der Waals surface area contributed by atoms with Crippen LogP contribution in [0.2, 0.25) is 0 Å². The fourth-order valence-electron chi connectivity index (χ4n) is 7.23. The first-order chi connectivity index (χ1) is 30.7. The Labute approximate surface area is 397 Å². The van der Waals surface area contributed by atoms with Gasteiger partial charge in [-0.3, -0.25) is 14.5 Å². The van der Waals surface area contributed by atoms with Crippen molar-refractivity contribution in [2.75, 3.05) is 25.3 Å². The average Bonchev–Trinajstić information content (AvgIpc) is 4.01. The second-order valence-corrected chi connectivity index (χ2v) is 16.0. The Balaban J connectivity index is 0.00000612. The predicted molar refractivity (Wildman–Crippen MR) is 233 cm³/mol. The number of oxime groups is 1. The minimum atomic E-state index is -1.52. The van der Waals surface area contributed by atoms with Crippen LogP contribution >= 0.6 is 23.1 Å². The molecule has 2 aliphatic heterocycles. The molecule has 2 N–H and O–H groups in total. The fraction of sp³-hybridized carbons (Fsp3) is 0.152. The quantitative estimate of drug-likeness (QED) is 0.0359. The number of benzene rings is 4. The van der Waals surface area contributed by atoms with Gasteiger partial charge in [-0.1, -0.05) is 120 Å². The van der Waals surface area contributed by atoms with Crippen molar-refractivity contribution in [3.05, 3.63) is 183 Å². The first-order valence-electron chi connectivity index (χ1n) is 19.4. The molecular weight excluding hydrogens is 868 g/mol. The average molecular weight is 905 g/mol. The molecule has 2 aromatic heterocycles. The topological polar surface area (TPSA) is 198 Å². The van der Waals surface area contributed by atoms with E-state index in [0.29, 0.717) is 22.0 Å². The second kappa shape index (κ2) is 20.3. The number of carbonyl (C=O) groups is 4. The fourth-order valence-corrected chi connectivity index (χ4v) is 9.30. The number of carbonyl (C=O) groups excluding carboxylic acids is 4. The van der Waals surface area contributed by atoms with Crippen molar-refractivity contribution in [3.63, 3.8) is 0 Å². The molecule has 0 aliphatic carbocycles. The summed E-state index contributed by atoms with van der Waals surface area (Å²) in [4.78, 5) is 64.3. The van der Waals surface area contributed by atoms with E-state index in [1.54, 1.807) is 36.8 Å². The third-order valence-corrected chi connectivity index (χ3v) is 12.3. The van der Waals surface area contributed by atoms with Gasteiger partial charge in [-0.15, -0.1) is 23.1 Å². The van der Waals surface area contributed by atoms with Crippen molar-refractivity contribution in [1.82, 2.24) is 20.4 Å². The van der Waals surface area contributed by atoms with E-state index in [0.717, 1.165) is 16.7 Å². The van der Waals surface area contributed by atoms with Gasteiger partial charge in [0, 0.05) is 17.2 Å². The summed E-state index contributed by atoms with van der Waals surface area (Å²) in [6.07, 6.45) is 2.94. The SMILES string of the molecule is CO/N=C(\C(=O)N[C@@H]1C(=O)N2C(C(=O)OCc3ccc(OC)cc3)=C(/C=C/c3cc(C(=O)[O-])no3)CS[C@H]12)c1csc(NC(c2ccccc2)(c2ccccc2)c2ccccc2)n1.[Na+]. The third kappa shape index (κ3) is 9.39. The summed E-state index contributed by atoms with van der Waals surface area (Å²) in [6.45, 7) is -0.106. The first kappa shape index (κ1) is 45.5. The molecule has 0 unspecified atom stereocenters. The van der Waals surface area contributed by atoms with Gasteiger partial charge in [-0.05, 0) is 46.0 Å². The van der Waals surface area contributed by atoms with Gasteiger partial charge in [0.15, 0.2) is 16.6 Å². The number of anilines is 1. The van der Waals surface area contributed by atoms with Crippen molar-refractivity contribution < 1.29 is 72.7 Å². The minimum Gasteiger partial charge on any atom is -0.543 e. The molecule has 4 aromatic carbocycles. The molecule has 0 saturated carbocycles. The number of hydrogen-bond acceptors (Lipinski definition) is 15. The Bertz CT molecular complexity index is 2630. The maximum Gasteiger partial charge on any atom is 1.00 e. The second-order valence-electron chi connectivity index (χ2n) is 14.0. The van der Waals surface area contributed by atoms with Crippen LogP contribution in [0.15, 0.2) is 154 Å². The Kier molecular flexibility index (Phi) is 14.5. The molecule has 4 heterocycles. The van der Waals surface area contributed by atoms with Crippen LogP contribution in [0.4, 0.5) is 5.13 Å². The number of nitrogens with zero attached hydrogens (tertiary/aromatic N) is 4. The van der Waals surface area contributed by atoms with Crippen molar-refractivity contribution in [2.45, 2.75) is 23.6 Å². The molecule has 18 heteroatoms. The zero-order valence-electron chi connectivity index (χ0n) is 34.6. The molecule has 8 rings (SSSR count). The zero-order valence-corrected chi connectivity index (χ0v) is 38.3. The van der Waals surface area contributed by atoms with Crippen LogP contribution in [0.1, 0.15) is 44.2 Å². The molecule has 0 radical (unpaired) electrons. The first-order valence-corrected chi connectivity index (χ1v) is 21.3. The summed E-state index contributed by atoms with van der Waals surface area (Å²) >= 11 is 2.57. The number of β-lactam (4-membered cyclic amide) rings is 1. The van der Waals surface area contributed by atoms with Crippen molar-refractivity contribution in [2.24, 2.45) is 5.16 Å². The molecular formula is C46H37N6NaO9S2.